The lowest BCUT2D eigenvalue weighted by Crippen LogP contribution is -2.60. The average Bonchev–Trinajstić information content (AvgIpc) is 3.50. The van der Waals surface area contributed by atoms with E-state index in [1.807, 2.05) is 27.7 Å². The number of hydrogen-bond acceptors (Lipinski definition) is 8. The van der Waals surface area contributed by atoms with Crippen molar-refractivity contribution >= 4 is 23.5 Å². The first-order chi connectivity index (χ1) is 22.4. The third-order valence-electron chi connectivity index (χ3n) is 9.82. The summed E-state index contributed by atoms with van der Waals surface area (Å²) in [6.45, 7) is 19.5. The lowest BCUT2D eigenvalue weighted by molar-refractivity contribution is -0.144. The van der Waals surface area contributed by atoms with Gasteiger partial charge in [-0.05, 0) is 101 Å². The maximum atomic E-state index is 14.4. The Bertz CT molecular complexity index is 1470. The Morgan fingerprint density at radius 2 is 1.70 bits per heavy atom. The standard InChI is InChI=1S/C36H47FN6O4/c1-7-32(44)43(33(45)8-2)28-11-14-36(15-12-28)21-40(22-36)19-26-13-16-41(20-26)34-31(18-38-23-39-34)47-30-10-9-27(37)17-29(30)35(46)42(24(3)4)25(5)6/h7-10,17-18,23-26,28H,1-2,11-16,19-22H2,3-6H3/t26-/m0/s1. The van der Waals surface area contributed by atoms with Crippen LogP contribution in [0.1, 0.15) is 70.2 Å². The summed E-state index contributed by atoms with van der Waals surface area (Å²) in [5.41, 5.74) is 0.405. The van der Waals surface area contributed by atoms with Gasteiger partial charge in [0.15, 0.2) is 11.6 Å². The highest BCUT2D eigenvalue weighted by Gasteiger charge is 2.47. The molecule has 1 spiro atoms. The molecule has 0 radical (unpaired) electrons. The molecule has 2 aliphatic heterocycles. The lowest BCUT2D eigenvalue weighted by atomic mass is 9.67. The smallest absolute Gasteiger partial charge is 0.258 e. The Hall–Kier alpha value is -4.12. The summed E-state index contributed by atoms with van der Waals surface area (Å²) in [5.74, 6) is 0.279. The molecule has 1 aliphatic carbocycles. The van der Waals surface area contributed by atoms with E-state index < -0.39 is 5.82 Å². The van der Waals surface area contributed by atoms with Crippen molar-refractivity contribution in [3.63, 3.8) is 0 Å². The number of likely N-dealkylation sites (tertiary alicyclic amines) is 1. The maximum absolute atomic E-state index is 14.4. The second kappa shape index (κ2) is 14.3. The molecule has 252 valence electrons. The fourth-order valence-electron chi connectivity index (χ4n) is 7.73. The SMILES string of the molecule is C=CC(=O)N(C(=O)C=C)C1CCC2(CC1)CN(C[C@@H]1CCN(c3ncncc3Oc3ccc(F)cc3C(=O)N(C(C)C)C(C)C)C1)C2. The minimum Gasteiger partial charge on any atom is -0.451 e. The zero-order valence-corrected chi connectivity index (χ0v) is 28.0. The molecular formula is C36H47FN6O4. The molecule has 2 saturated heterocycles. The van der Waals surface area contributed by atoms with Gasteiger partial charge in [-0.3, -0.25) is 19.3 Å². The molecule has 1 saturated carbocycles. The number of carbonyl (C=O) groups excluding carboxylic acids is 3. The molecule has 10 nitrogen and oxygen atoms in total. The van der Waals surface area contributed by atoms with Crippen LogP contribution in [0.5, 0.6) is 11.5 Å². The Kier molecular flexibility index (Phi) is 10.4. The minimum atomic E-state index is -0.506. The van der Waals surface area contributed by atoms with Gasteiger partial charge in [-0.15, -0.1) is 0 Å². The topological polar surface area (TPSA) is 99.2 Å². The highest BCUT2D eigenvalue weighted by Crippen LogP contribution is 2.46. The number of halogens is 1. The predicted octanol–water partition coefficient (Wildman–Crippen LogP) is 5.47. The lowest BCUT2D eigenvalue weighted by Gasteiger charge is -2.55. The molecule has 3 amide bonds. The Morgan fingerprint density at radius 3 is 2.32 bits per heavy atom. The number of nitrogens with zero attached hydrogens (tertiary/aromatic N) is 6. The van der Waals surface area contributed by atoms with Crippen molar-refractivity contribution in [1.29, 1.82) is 0 Å². The zero-order chi connectivity index (χ0) is 33.9. The molecule has 0 bridgehead atoms. The number of carbonyl (C=O) groups is 3. The van der Waals surface area contributed by atoms with Crippen molar-refractivity contribution in [1.82, 2.24) is 24.7 Å². The van der Waals surface area contributed by atoms with Gasteiger partial charge >= 0.3 is 0 Å². The third-order valence-corrected chi connectivity index (χ3v) is 9.82. The fraction of sp³-hybridized carbons (Fsp3) is 0.528. The summed E-state index contributed by atoms with van der Waals surface area (Å²) in [6, 6.07) is 3.77. The molecule has 3 heterocycles. The molecule has 47 heavy (non-hydrogen) atoms. The molecule has 1 aromatic carbocycles. The molecule has 5 rings (SSSR count). The second-order valence-corrected chi connectivity index (χ2v) is 13.8. The largest absolute Gasteiger partial charge is 0.451 e. The molecule has 3 fully saturated rings. The molecule has 0 N–H and O–H groups in total. The normalized spacial score (nSPS) is 19.5. The van der Waals surface area contributed by atoms with Crippen LogP contribution in [0.2, 0.25) is 0 Å². The van der Waals surface area contributed by atoms with E-state index in [2.05, 4.69) is 32.9 Å². The molecule has 1 atom stereocenters. The van der Waals surface area contributed by atoms with Gasteiger partial charge in [0.1, 0.15) is 17.9 Å². The highest BCUT2D eigenvalue weighted by atomic mass is 19.1. The summed E-state index contributed by atoms with van der Waals surface area (Å²) in [5, 5.41) is 0. The van der Waals surface area contributed by atoms with Crippen molar-refractivity contribution in [2.45, 2.75) is 77.9 Å². The molecule has 0 unspecified atom stereocenters. The minimum absolute atomic E-state index is 0.0709. The van der Waals surface area contributed by atoms with Crippen molar-refractivity contribution < 1.29 is 23.5 Å². The van der Waals surface area contributed by atoms with E-state index in [1.165, 1.54) is 41.6 Å². The second-order valence-electron chi connectivity index (χ2n) is 13.8. The van der Waals surface area contributed by atoms with Gasteiger partial charge in [-0.2, -0.15) is 0 Å². The van der Waals surface area contributed by atoms with Crippen molar-refractivity contribution in [3.05, 3.63) is 67.4 Å². The fourth-order valence-corrected chi connectivity index (χ4v) is 7.73. The number of imide groups is 1. The van der Waals surface area contributed by atoms with Crippen LogP contribution in [0.25, 0.3) is 0 Å². The molecular weight excluding hydrogens is 599 g/mol. The van der Waals surface area contributed by atoms with E-state index in [0.717, 1.165) is 64.8 Å². The Labute approximate surface area is 277 Å². The molecule has 1 aromatic heterocycles. The number of aromatic nitrogens is 2. The van der Waals surface area contributed by atoms with Crippen LogP contribution in [-0.2, 0) is 9.59 Å². The van der Waals surface area contributed by atoms with E-state index >= 15 is 0 Å². The number of rotatable bonds is 11. The summed E-state index contributed by atoms with van der Waals surface area (Å²) < 4.78 is 20.7. The van der Waals surface area contributed by atoms with Crippen molar-refractivity contribution in [3.8, 4) is 11.5 Å². The number of benzene rings is 1. The van der Waals surface area contributed by atoms with Crippen LogP contribution in [0.15, 0.2) is 56.0 Å². The van der Waals surface area contributed by atoms with E-state index in [-0.39, 0.29) is 52.6 Å². The summed E-state index contributed by atoms with van der Waals surface area (Å²) in [7, 11) is 0. The van der Waals surface area contributed by atoms with Gasteiger partial charge in [-0.25, -0.2) is 14.4 Å². The van der Waals surface area contributed by atoms with Gasteiger partial charge in [0.25, 0.3) is 17.7 Å². The van der Waals surface area contributed by atoms with Crippen LogP contribution in [0.3, 0.4) is 0 Å². The molecule has 2 aromatic rings. The first-order valence-electron chi connectivity index (χ1n) is 16.6. The number of anilines is 1. The summed E-state index contributed by atoms with van der Waals surface area (Å²) in [6.07, 6.45) is 10.1. The predicted molar refractivity (Wildman–Crippen MR) is 179 cm³/mol. The van der Waals surface area contributed by atoms with Crippen LogP contribution in [-0.4, -0.2) is 93.2 Å². The Balaban J connectivity index is 1.19. The van der Waals surface area contributed by atoms with Crippen molar-refractivity contribution in [2.75, 3.05) is 37.6 Å². The first-order valence-corrected chi connectivity index (χ1v) is 16.6. The number of amides is 3. The van der Waals surface area contributed by atoms with E-state index in [9.17, 15) is 18.8 Å². The van der Waals surface area contributed by atoms with Gasteiger partial charge in [0, 0.05) is 50.8 Å². The number of hydrogen-bond donors (Lipinski definition) is 0. The van der Waals surface area contributed by atoms with Crippen LogP contribution < -0.4 is 9.64 Å². The third kappa shape index (κ3) is 7.40. The van der Waals surface area contributed by atoms with Crippen LogP contribution in [0.4, 0.5) is 10.2 Å². The van der Waals surface area contributed by atoms with E-state index in [4.69, 9.17) is 4.74 Å². The van der Waals surface area contributed by atoms with E-state index in [0.29, 0.717) is 17.5 Å². The quantitative estimate of drug-likeness (QED) is 0.297. The number of ether oxygens (including phenoxy) is 1. The summed E-state index contributed by atoms with van der Waals surface area (Å²) in [4.78, 5) is 54.7. The first kappa shape index (κ1) is 34.2. The zero-order valence-electron chi connectivity index (χ0n) is 28.0. The van der Waals surface area contributed by atoms with Gasteiger partial charge in [0.05, 0.1) is 11.8 Å². The Morgan fingerprint density at radius 1 is 1.04 bits per heavy atom. The van der Waals surface area contributed by atoms with Crippen LogP contribution in [0, 0.1) is 17.2 Å². The summed E-state index contributed by atoms with van der Waals surface area (Å²) >= 11 is 0. The van der Waals surface area contributed by atoms with Gasteiger partial charge < -0.3 is 19.4 Å². The van der Waals surface area contributed by atoms with Gasteiger partial charge in [0.2, 0.25) is 0 Å². The monoisotopic (exact) mass is 646 g/mol. The molecule has 11 heteroatoms. The highest BCUT2D eigenvalue weighted by molar-refractivity contribution is 6.05. The van der Waals surface area contributed by atoms with Crippen molar-refractivity contribution in [2.24, 2.45) is 11.3 Å². The van der Waals surface area contributed by atoms with Crippen LogP contribution >= 0.6 is 0 Å². The maximum Gasteiger partial charge on any atom is 0.258 e. The van der Waals surface area contributed by atoms with E-state index in [1.54, 1.807) is 11.1 Å². The average molecular weight is 647 g/mol. The molecule has 3 aliphatic rings. The van der Waals surface area contributed by atoms with Gasteiger partial charge in [-0.1, -0.05) is 13.2 Å².